The number of para-hydroxylation sites is 2. The Morgan fingerprint density at radius 3 is 2.93 bits per heavy atom. The average Bonchev–Trinajstić information content (AvgIpc) is 3.15. The summed E-state index contributed by atoms with van der Waals surface area (Å²) in [5.74, 6) is 1.80. The fourth-order valence-electron chi connectivity index (χ4n) is 3.56. The van der Waals surface area contributed by atoms with Gasteiger partial charge in [0, 0.05) is 38.4 Å². The van der Waals surface area contributed by atoms with Crippen LogP contribution < -0.4 is 10.2 Å². The molecule has 7 heteroatoms. The van der Waals surface area contributed by atoms with E-state index in [0.717, 1.165) is 49.1 Å². The number of hydrogen-bond acceptors (Lipinski definition) is 5. The molecule has 1 amide bonds. The number of anilines is 1. The number of hydrogen-bond donors (Lipinski definition) is 2. The minimum absolute atomic E-state index is 0.00578. The third kappa shape index (κ3) is 4.24. The van der Waals surface area contributed by atoms with Gasteiger partial charge in [-0.15, -0.1) is 0 Å². The Hall–Kier alpha value is -2.96. The molecule has 1 fully saturated rings. The highest BCUT2D eigenvalue weighted by molar-refractivity contribution is 5.79. The van der Waals surface area contributed by atoms with Gasteiger partial charge in [0.25, 0.3) is 0 Å². The van der Waals surface area contributed by atoms with Gasteiger partial charge in [0.1, 0.15) is 5.82 Å². The molecule has 1 saturated heterocycles. The van der Waals surface area contributed by atoms with E-state index in [1.165, 1.54) is 0 Å². The highest BCUT2D eigenvalue weighted by Gasteiger charge is 2.26. The van der Waals surface area contributed by atoms with Crippen LogP contribution in [0.25, 0.3) is 11.0 Å². The van der Waals surface area contributed by atoms with Gasteiger partial charge >= 0.3 is 0 Å². The van der Waals surface area contributed by atoms with Crippen LogP contribution in [0.5, 0.6) is 0 Å². The Labute approximate surface area is 158 Å². The van der Waals surface area contributed by atoms with Crippen molar-refractivity contribution in [3.8, 4) is 0 Å². The third-order valence-corrected chi connectivity index (χ3v) is 4.96. The number of benzene rings is 1. The molecular formula is C20H24N6O. The normalized spacial score (nSPS) is 17.2. The molecule has 0 spiro atoms. The van der Waals surface area contributed by atoms with Crippen LogP contribution in [0, 0.1) is 5.92 Å². The molecule has 1 aliphatic heterocycles. The molecule has 2 N–H and O–H groups in total. The summed E-state index contributed by atoms with van der Waals surface area (Å²) in [6, 6.07) is 9.82. The number of imidazole rings is 1. The first kappa shape index (κ1) is 17.5. The van der Waals surface area contributed by atoms with Gasteiger partial charge in [0.15, 0.2) is 0 Å². The predicted molar refractivity (Wildman–Crippen MR) is 104 cm³/mol. The topological polar surface area (TPSA) is 86.8 Å². The second-order valence-electron chi connectivity index (χ2n) is 6.93. The summed E-state index contributed by atoms with van der Waals surface area (Å²) >= 11 is 0. The lowest BCUT2D eigenvalue weighted by Gasteiger charge is -2.31. The summed E-state index contributed by atoms with van der Waals surface area (Å²) < 4.78 is 0. The zero-order chi connectivity index (χ0) is 18.5. The smallest absolute Gasteiger partial charge is 0.225 e. The zero-order valence-electron chi connectivity index (χ0n) is 15.3. The number of H-pyrrole nitrogens is 1. The number of aryl methyl sites for hydroxylation is 1. The van der Waals surface area contributed by atoms with Crippen LogP contribution >= 0.6 is 0 Å². The van der Waals surface area contributed by atoms with Crippen molar-refractivity contribution in [2.75, 3.05) is 24.5 Å². The van der Waals surface area contributed by atoms with Gasteiger partial charge in [-0.2, -0.15) is 0 Å². The number of nitrogens with zero attached hydrogens (tertiary/aromatic N) is 4. The molecule has 2 aromatic heterocycles. The number of amides is 1. The second-order valence-corrected chi connectivity index (χ2v) is 6.93. The summed E-state index contributed by atoms with van der Waals surface area (Å²) in [6.07, 6.45) is 7.07. The lowest BCUT2D eigenvalue weighted by Crippen LogP contribution is -2.43. The SMILES string of the molecule is O=C(NCCCc1nc2ccccc2[nH]1)C1CCCN(c2ncccn2)C1. The van der Waals surface area contributed by atoms with E-state index in [4.69, 9.17) is 0 Å². The van der Waals surface area contributed by atoms with Crippen molar-refractivity contribution in [3.05, 3.63) is 48.5 Å². The highest BCUT2D eigenvalue weighted by atomic mass is 16.1. The van der Waals surface area contributed by atoms with Crippen LogP contribution in [0.4, 0.5) is 5.95 Å². The number of aromatic nitrogens is 4. The molecule has 0 saturated carbocycles. The maximum absolute atomic E-state index is 12.5. The van der Waals surface area contributed by atoms with Crippen molar-refractivity contribution in [1.82, 2.24) is 25.3 Å². The predicted octanol–water partition coefficient (Wildman–Crippen LogP) is 2.32. The van der Waals surface area contributed by atoms with Crippen LogP contribution in [-0.4, -0.2) is 45.5 Å². The molecule has 0 aliphatic carbocycles. The minimum atomic E-state index is -0.00578. The Morgan fingerprint density at radius 1 is 1.22 bits per heavy atom. The van der Waals surface area contributed by atoms with Crippen molar-refractivity contribution >= 4 is 22.9 Å². The van der Waals surface area contributed by atoms with E-state index in [-0.39, 0.29) is 11.8 Å². The molecule has 1 aliphatic rings. The summed E-state index contributed by atoms with van der Waals surface area (Å²) in [6.45, 7) is 2.24. The molecule has 7 nitrogen and oxygen atoms in total. The lowest BCUT2D eigenvalue weighted by atomic mass is 9.97. The first-order valence-electron chi connectivity index (χ1n) is 9.53. The van der Waals surface area contributed by atoms with E-state index in [2.05, 4.69) is 30.2 Å². The molecule has 140 valence electrons. The molecule has 27 heavy (non-hydrogen) atoms. The first-order chi connectivity index (χ1) is 13.3. The molecule has 1 atom stereocenters. The van der Waals surface area contributed by atoms with E-state index in [9.17, 15) is 4.79 Å². The number of carbonyl (C=O) groups is 1. The fourth-order valence-corrected chi connectivity index (χ4v) is 3.56. The Bertz CT molecular complexity index is 861. The number of fused-ring (bicyclic) bond motifs is 1. The van der Waals surface area contributed by atoms with Crippen molar-refractivity contribution in [1.29, 1.82) is 0 Å². The van der Waals surface area contributed by atoms with Crippen molar-refractivity contribution in [2.24, 2.45) is 5.92 Å². The maximum atomic E-state index is 12.5. The summed E-state index contributed by atoms with van der Waals surface area (Å²) in [7, 11) is 0. The zero-order valence-corrected chi connectivity index (χ0v) is 15.3. The summed E-state index contributed by atoms with van der Waals surface area (Å²) in [5, 5.41) is 3.08. The Balaban J connectivity index is 1.24. The fraction of sp³-hybridized carbons (Fsp3) is 0.400. The van der Waals surface area contributed by atoms with Crippen LogP contribution in [-0.2, 0) is 11.2 Å². The summed E-state index contributed by atoms with van der Waals surface area (Å²) in [5.41, 5.74) is 2.05. The van der Waals surface area contributed by atoms with Gasteiger partial charge in [0.2, 0.25) is 11.9 Å². The van der Waals surface area contributed by atoms with Crippen LogP contribution in [0.2, 0.25) is 0 Å². The van der Waals surface area contributed by atoms with Crippen LogP contribution in [0.1, 0.15) is 25.1 Å². The number of aromatic amines is 1. The van der Waals surface area contributed by atoms with Gasteiger partial charge in [-0.3, -0.25) is 4.79 Å². The monoisotopic (exact) mass is 364 g/mol. The van der Waals surface area contributed by atoms with E-state index in [1.807, 2.05) is 24.3 Å². The minimum Gasteiger partial charge on any atom is -0.356 e. The van der Waals surface area contributed by atoms with E-state index in [0.29, 0.717) is 19.0 Å². The molecule has 3 aromatic rings. The van der Waals surface area contributed by atoms with E-state index >= 15 is 0 Å². The van der Waals surface area contributed by atoms with Gasteiger partial charge in [-0.25, -0.2) is 15.0 Å². The molecule has 1 aromatic carbocycles. The molecule has 4 rings (SSSR count). The van der Waals surface area contributed by atoms with Gasteiger partial charge in [0.05, 0.1) is 17.0 Å². The molecule has 3 heterocycles. The van der Waals surface area contributed by atoms with Crippen molar-refractivity contribution in [2.45, 2.75) is 25.7 Å². The largest absolute Gasteiger partial charge is 0.356 e. The molecule has 1 unspecified atom stereocenters. The lowest BCUT2D eigenvalue weighted by molar-refractivity contribution is -0.125. The maximum Gasteiger partial charge on any atom is 0.225 e. The first-order valence-corrected chi connectivity index (χ1v) is 9.53. The number of carbonyl (C=O) groups excluding carboxylic acids is 1. The average molecular weight is 364 g/mol. The molecule has 0 bridgehead atoms. The van der Waals surface area contributed by atoms with Gasteiger partial charge in [-0.05, 0) is 37.5 Å². The Kier molecular flexibility index (Phi) is 5.27. The van der Waals surface area contributed by atoms with Crippen molar-refractivity contribution < 1.29 is 4.79 Å². The molecular weight excluding hydrogens is 340 g/mol. The van der Waals surface area contributed by atoms with Crippen molar-refractivity contribution in [3.63, 3.8) is 0 Å². The number of piperidine rings is 1. The highest BCUT2D eigenvalue weighted by Crippen LogP contribution is 2.20. The molecule has 0 radical (unpaired) electrons. The standard InChI is InChI=1S/C20H24N6O/c27-19(15-6-4-13-26(14-15)20-22-11-5-12-23-20)21-10-3-9-18-24-16-7-1-2-8-17(16)25-18/h1-2,5,7-8,11-12,15H,3-4,6,9-10,13-14H2,(H,21,27)(H,24,25). The number of rotatable bonds is 6. The van der Waals surface area contributed by atoms with E-state index in [1.54, 1.807) is 18.5 Å². The number of nitrogens with one attached hydrogen (secondary N) is 2. The van der Waals surface area contributed by atoms with Crippen LogP contribution in [0.3, 0.4) is 0 Å². The Morgan fingerprint density at radius 2 is 2.07 bits per heavy atom. The second kappa shape index (κ2) is 8.16. The third-order valence-electron chi connectivity index (χ3n) is 4.96. The van der Waals surface area contributed by atoms with E-state index < -0.39 is 0 Å². The summed E-state index contributed by atoms with van der Waals surface area (Å²) in [4.78, 5) is 31.1. The quantitative estimate of drug-likeness (QED) is 0.656. The van der Waals surface area contributed by atoms with Gasteiger partial charge < -0.3 is 15.2 Å². The van der Waals surface area contributed by atoms with Crippen LogP contribution in [0.15, 0.2) is 42.7 Å². The van der Waals surface area contributed by atoms with Gasteiger partial charge in [-0.1, -0.05) is 12.1 Å².